The van der Waals surface area contributed by atoms with E-state index in [-0.39, 0.29) is 36.5 Å². The molecular formula is C29H32ClF2NO5. The van der Waals surface area contributed by atoms with E-state index in [4.69, 9.17) is 21.2 Å². The van der Waals surface area contributed by atoms with Gasteiger partial charge in [-0.25, -0.2) is 13.6 Å². The predicted molar refractivity (Wildman–Crippen MR) is 135 cm³/mol. The van der Waals surface area contributed by atoms with Crippen LogP contribution in [0, 0.1) is 28.6 Å². The summed E-state index contributed by atoms with van der Waals surface area (Å²) >= 11 is 6.02. The third kappa shape index (κ3) is 3.14. The second-order valence-corrected chi connectivity index (χ2v) is 12.5. The van der Waals surface area contributed by atoms with Crippen molar-refractivity contribution in [1.29, 1.82) is 0 Å². The maximum absolute atomic E-state index is 17.4. The van der Waals surface area contributed by atoms with Crippen molar-refractivity contribution in [2.45, 2.75) is 63.4 Å². The van der Waals surface area contributed by atoms with E-state index in [0.29, 0.717) is 24.5 Å². The van der Waals surface area contributed by atoms with Gasteiger partial charge in [-0.05, 0) is 55.0 Å². The molecule has 3 fully saturated rings. The fraction of sp³-hybridized carbons (Fsp3) is 0.586. The topological polar surface area (TPSA) is 76.1 Å². The zero-order valence-electron chi connectivity index (χ0n) is 21.7. The number of halogens is 3. The number of benzene rings is 1. The molecule has 0 amide bonds. The quantitative estimate of drug-likeness (QED) is 0.543. The van der Waals surface area contributed by atoms with Gasteiger partial charge in [0, 0.05) is 53.6 Å². The minimum Gasteiger partial charge on any atom is -0.467 e. The third-order valence-corrected chi connectivity index (χ3v) is 10.7. The first-order valence-electron chi connectivity index (χ1n) is 13.1. The summed E-state index contributed by atoms with van der Waals surface area (Å²) in [6.07, 6.45) is 1.18. The van der Waals surface area contributed by atoms with Crippen molar-refractivity contribution in [2.75, 3.05) is 13.7 Å². The van der Waals surface area contributed by atoms with E-state index in [9.17, 15) is 14.7 Å². The van der Waals surface area contributed by atoms with E-state index >= 15 is 8.78 Å². The normalized spacial score (nSPS) is 43.9. The van der Waals surface area contributed by atoms with Gasteiger partial charge in [-0.1, -0.05) is 36.7 Å². The van der Waals surface area contributed by atoms with E-state index in [1.165, 1.54) is 19.3 Å². The summed E-state index contributed by atoms with van der Waals surface area (Å²) in [7, 11) is 1.30. The lowest BCUT2D eigenvalue weighted by Crippen LogP contribution is -2.69. The molecule has 1 saturated heterocycles. The zero-order chi connectivity index (χ0) is 27.3. The molecule has 1 N–H and O–H groups in total. The largest absolute Gasteiger partial charge is 0.467 e. The summed E-state index contributed by atoms with van der Waals surface area (Å²) in [5.41, 5.74) is -5.04. The number of hydrogen-bond donors (Lipinski definition) is 1. The number of aliphatic hydroxyl groups is 1. The SMILES string of the molecule is COC(=O)[C@@]12ON(Cc3ccc(Cl)cc3)C[C@@H]1C[C@H]1[C@@H]3CC(F)=C4CC(=O)C=C[C@]4(C)[C@@]3(F)[C@@H](O)C[C@@]12C. The number of ether oxygens (including phenoxy) is 1. The number of ketones is 1. The fourth-order valence-corrected chi connectivity index (χ4v) is 8.80. The van der Waals surface area contributed by atoms with E-state index in [1.54, 1.807) is 24.1 Å². The average Bonchev–Trinajstić information content (AvgIpc) is 3.35. The Balaban J connectivity index is 1.40. The molecule has 1 heterocycles. The highest BCUT2D eigenvalue weighted by Crippen LogP contribution is 2.72. The number of fused-ring (bicyclic) bond motifs is 7. The lowest BCUT2D eigenvalue weighted by atomic mass is 9.45. The molecule has 2 saturated carbocycles. The van der Waals surface area contributed by atoms with Crippen molar-refractivity contribution in [2.24, 2.45) is 28.6 Å². The number of carbonyl (C=O) groups is 2. The van der Waals surface area contributed by atoms with Gasteiger partial charge in [0.1, 0.15) is 5.83 Å². The molecule has 8 atom stereocenters. The molecule has 0 unspecified atom stereocenters. The number of aliphatic hydroxyl groups excluding tert-OH is 1. The van der Waals surface area contributed by atoms with E-state index in [1.807, 2.05) is 19.1 Å². The first kappa shape index (κ1) is 26.1. The van der Waals surface area contributed by atoms with Gasteiger partial charge < -0.3 is 9.84 Å². The predicted octanol–water partition coefficient (Wildman–Crippen LogP) is 4.89. The molecule has 1 aromatic carbocycles. The summed E-state index contributed by atoms with van der Waals surface area (Å²) in [6.45, 7) is 4.24. The van der Waals surface area contributed by atoms with Crippen LogP contribution in [0.3, 0.4) is 0 Å². The number of hydrogen-bond acceptors (Lipinski definition) is 6. The van der Waals surface area contributed by atoms with Crippen LogP contribution in [-0.4, -0.2) is 53.0 Å². The second-order valence-electron chi connectivity index (χ2n) is 12.1. The number of allylic oxidation sites excluding steroid dienone is 4. The summed E-state index contributed by atoms with van der Waals surface area (Å²) < 4.78 is 38.4. The number of hydroxylamine groups is 2. The molecule has 5 aliphatic rings. The molecule has 4 aliphatic carbocycles. The van der Waals surface area contributed by atoms with Crippen molar-refractivity contribution in [1.82, 2.24) is 5.06 Å². The molecule has 204 valence electrons. The zero-order valence-corrected chi connectivity index (χ0v) is 22.4. The molecule has 0 radical (unpaired) electrons. The number of esters is 1. The molecule has 6 rings (SSSR count). The van der Waals surface area contributed by atoms with Gasteiger partial charge in [-0.3, -0.25) is 9.63 Å². The minimum absolute atomic E-state index is 0.0582. The highest BCUT2D eigenvalue weighted by Gasteiger charge is 2.80. The van der Waals surface area contributed by atoms with Crippen LogP contribution in [0.5, 0.6) is 0 Å². The van der Waals surface area contributed by atoms with E-state index in [2.05, 4.69) is 0 Å². The Bertz CT molecular complexity index is 1270. The summed E-state index contributed by atoms with van der Waals surface area (Å²) in [4.78, 5) is 32.1. The molecule has 0 bridgehead atoms. The van der Waals surface area contributed by atoms with Crippen LogP contribution >= 0.6 is 11.6 Å². The molecular weight excluding hydrogens is 516 g/mol. The third-order valence-electron chi connectivity index (χ3n) is 10.5. The van der Waals surface area contributed by atoms with Crippen LogP contribution in [0.25, 0.3) is 0 Å². The van der Waals surface area contributed by atoms with Gasteiger partial charge in [0.15, 0.2) is 17.1 Å². The van der Waals surface area contributed by atoms with Crippen LogP contribution in [-0.2, 0) is 25.7 Å². The number of carbonyl (C=O) groups excluding carboxylic acids is 2. The Labute approximate surface area is 225 Å². The van der Waals surface area contributed by atoms with Crippen LogP contribution in [0.4, 0.5) is 8.78 Å². The van der Waals surface area contributed by atoms with Crippen molar-refractivity contribution in [3.05, 3.63) is 58.4 Å². The van der Waals surface area contributed by atoms with Crippen LogP contribution in [0.2, 0.25) is 5.02 Å². The molecule has 38 heavy (non-hydrogen) atoms. The minimum atomic E-state index is -2.20. The average molecular weight is 548 g/mol. The molecule has 1 aromatic rings. The Morgan fingerprint density at radius 3 is 2.66 bits per heavy atom. The van der Waals surface area contributed by atoms with Gasteiger partial charge in [-0.15, -0.1) is 0 Å². The molecule has 1 aliphatic heterocycles. The first-order chi connectivity index (χ1) is 17.9. The molecule has 0 spiro atoms. The smallest absolute Gasteiger partial charge is 0.341 e. The summed E-state index contributed by atoms with van der Waals surface area (Å²) in [5, 5.41) is 13.9. The maximum Gasteiger partial charge on any atom is 0.341 e. The van der Waals surface area contributed by atoms with Crippen LogP contribution < -0.4 is 0 Å². The van der Waals surface area contributed by atoms with E-state index in [0.717, 1.165) is 5.56 Å². The number of rotatable bonds is 3. The second kappa shape index (κ2) is 8.43. The Kier molecular flexibility index (Phi) is 5.80. The van der Waals surface area contributed by atoms with Crippen molar-refractivity contribution < 1.29 is 33.1 Å². The first-order valence-corrected chi connectivity index (χ1v) is 13.5. The lowest BCUT2D eigenvalue weighted by Gasteiger charge is -2.62. The number of alkyl halides is 1. The van der Waals surface area contributed by atoms with Gasteiger partial charge in [-0.2, -0.15) is 5.06 Å². The maximum atomic E-state index is 17.4. The van der Waals surface area contributed by atoms with Crippen molar-refractivity contribution in [3.63, 3.8) is 0 Å². The Hall–Kier alpha value is -2.13. The summed E-state index contributed by atoms with van der Waals surface area (Å²) in [6, 6.07) is 7.34. The Morgan fingerprint density at radius 1 is 1.26 bits per heavy atom. The van der Waals surface area contributed by atoms with Crippen molar-refractivity contribution >= 4 is 23.4 Å². The van der Waals surface area contributed by atoms with Gasteiger partial charge in [0.2, 0.25) is 0 Å². The monoisotopic (exact) mass is 547 g/mol. The Morgan fingerprint density at radius 2 is 1.97 bits per heavy atom. The number of methoxy groups -OCH3 is 1. The van der Waals surface area contributed by atoms with Gasteiger partial charge in [0.25, 0.3) is 0 Å². The highest BCUT2D eigenvalue weighted by molar-refractivity contribution is 6.30. The summed E-state index contributed by atoms with van der Waals surface area (Å²) in [5.74, 6) is -3.02. The molecule has 0 aromatic heterocycles. The van der Waals surface area contributed by atoms with Crippen molar-refractivity contribution in [3.8, 4) is 0 Å². The van der Waals surface area contributed by atoms with E-state index < -0.39 is 51.8 Å². The fourth-order valence-electron chi connectivity index (χ4n) is 8.68. The van der Waals surface area contributed by atoms with Crippen LogP contribution in [0.15, 0.2) is 47.8 Å². The molecule has 9 heteroatoms. The number of nitrogens with zero attached hydrogens (tertiary/aromatic N) is 1. The highest BCUT2D eigenvalue weighted by atomic mass is 35.5. The van der Waals surface area contributed by atoms with Crippen LogP contribution in [0.1, 0.15) is 45.1 Å². The molecule has 6 nitrogen and oxygen atoms in total. The standard InChI is InChI=1S/C29H32ClF2NO5/c1-26-9-8-19(34)11-22(26)23(31)12-21-20-10-17-15-33(14-16-4-6-18(30)7-5-16)38-29(17,25(36)37-3)27(20,2)13-24(35)28(21,26)32/h4-9,17,20-21,24,35H,10-15H2,1-3H3/t17-,20-,21-,24-,26-,27-,28-,29-/m0/s1. The van der Waals surface area contributed by atoms with Gasteiger partial charge in [0.05, 0.1) is 13.2 Å². The lowest BCUT2D eigenvalue weighted by molar-refractivity contribution is -0.274. The van der Waals surface area contributed by atoms with Gasteiger partial charge >= 0.3 is 5.97 Å².